The minimum Gasteiger partial charge on any atom is -0.364 e. The van der Waals surface area contributed by atoms with Crippen molar-refractivity contribution < 1.29 is 14.6 Å². The molecule has 0 aliphatic carbocycles. The largest absolute Gasteiger partial charge is 0.364 e. The number of benzene rings is 2. The number of carbonyl (C=O) groups excluding carboxylic acids is 1. The third-order valence-corrected chi connectivity index (χ3v) is 6.12. The molecule has 2 N–H and O–H groups in total. The molecule has 1 amide bonds. The van der Waals surface area contributed by atoms with E-state index in [1.165, 1.54) is 7.11 Å². The Morgan fingerprint density at radius 1 is 1.15 bits per heavy atom. The maximum atomic E-state index is 13.3. The second-order valence-electron chi connectivity index (χ2n) is 7.71. The molecule has 1 heterocycles. The molecule has 0 aromatic heterocycles. The van der Waals surface area contributed by atoms with Gasteiger partial charge in [-0.15, -0.1) is 0 Å². The first-order valence-corrected chi connectivity index (χ1v) is 9.95. The summed E-state index contributed by atoms with van der Waals surface area (Å²) in [7, 11) is 1.47. The van der Waals surface area contributed by atoms with Crippen molar-refractivity contribution in [3.8, 4) is 0 Å². The van der Waals surface area contributed by atoms with Crippen molar-refractivity contribution in [3.63, 3.8) is 0 Å². The van der Waals surface area contributed by atoms with E-state index in [2.05, 4.69) is 40.3 Å². The van der Waals surface area contributed by atoms with Crippen molar-refractivity contribution in [2.45, 2.75) is 50.9 Å². The van der Waals surface area contributed by atoms with Crippen molar-refractivity contribution in [1.82, 2.24) is 5.32 Å². The summed E-state index contributed by atoms with van der Waals surface area (Å²) in [5.41, 5.74) is 2.94. The van der Waals surface area contributed by atoms with E-state index in [4.69, 9.17) is 4.74 Å². The van der Waals surface area contributed by atoms with E-state index >= 15 is 0 Å². The summed E-state index contributed by atoms with van der Waals surface area (Å²) < 4.78 is 5.93. The number of fused-ring (bicyclic) bond motifs is 1. The zero-order valence-electron chi connectivity index (χ0n) is 16.2. The van der Waals surface area contributed by atoms with Gasteiger partial charge in [-0.25, -0.2) is 0 Å². The van der Waals surface area contributed by atoms with Crippen molar-refractivity contribution in [2.75, 3.05) is 7.11 Å². The van der Waals surface area contributed by atoms with E-state index in [-0.39, 0.29) is 5.91 Å². The Morgan fingerprint density at radius 3 is 2.41 bits per heavy atom. The van der Waals surface area contributed by atoms with Gasteiger partial charge in [-0.05, 0) is 55.5 Å². The first kappa shape index (κ1) is 20.1. The molecule has 2 aromatic carbocycles. The van der Waals surface area contributed by atoms with Crippen molar-refractivity contribution >= 4 is 21.8 Å². The molecular weight excluding hydrogens is 406 g/mol. The van der Waals surface area contributed by atoms with E-state index in [1.807, 2.05) is 44.2 Å². The van der Waals surface area contributed by atoms with E-state index in [9.17, 15) is 9.90 Å². The number of aliphatic hydroxyl groups excluding tert-OH is 1. The smallest absolute Gasteiger partial charge is 0.231 e. The van der Waals surface area contributed by atoms with Crippen LogP contribution in [0, 0.1) is 0 Å². The lowest BCUT2D eigenvalue weighted by Gasteiger charge is -2.45. The highest BCUT2D eigenvalue weighted by atomic mass is 79.9. The average molecular weight is 432 g/mol. The van der Waals surface area contributed by atoms with Crippen LogP contribution >= 0.6 is 15.9 Å². The Balaban J connectivity index is 2.06. The van der Waals surface area contributed by atoms with Gasteiger partial charge < -0.3 is 15.2 Å². The van der Waals surface area contributed by atoms with Gasteiger partial charge in [0.25, 0.3) is 0 Å². The van der Waals surface area contributed by atoms with Crippen LogP contribution in [0.4, 0.5) is 0 Å². The van der Waals surface area contributed by atoms with E-state index in [0.717, 1.165) is 21.2 Å². The fraction of sp³-hybridized carbons (Fsp3) is 0.409. The molecule has 1 aliphatic rings. The minimum atomic E-state index is -0.936. The second kappa shape index (κ2) is 7.38. The maximum absolute atomic E-state index is 13.3. The standard InChI is InChI=1S/C22H26BrNO3/c1-5-22(13-14-6-8-15(9-7-14)19(25)27-4)18-12-16(23)10-11-17(18)21(2,3)24-20(22)26/h6-12,19,25H,5,13H2,1-4H3,(H,24,26). The highest BCUT2D eigenvalue weighted by Crippen LogP contribution is 2.43. The molecule has 4 nitrogen and oxygen atoms in total. The van der Waals surface area contributed by atoms with Crippen LogP contribution in [0.5, 0.6) is 0 Å². The van der Waals surface area contributed by atoms with Gasteiger partial charge in [0.2, 0.25) is 5.91 Å². The highest BCUT2D eigenvalue weighted by Gasteiger charge is 2.48. The minimum absolute atomic E-state index is 0.0570. The fourth-order valence-corrected chi connectivity index (χ4v) is 4.35. The monoisotopic (exact) mass is 431 g/mol. The molecule has 0 radical (unpaired) electrons. The summed E-state index contributed by atoms with van der Waals surface area (Å²) in [5, 5.41) is 13.0. The number of hydrogen-bond acceptors (Lipinski definition) is 3. The van der Waals surface area contributed by atoms with Gasteiger partial charge in [0.05, 0.1) is 11.0 Å². The van der Waals surface area contributed by atoms with Crippen LogP contribution in [0.15, 0.2) is 46.9 Å². The first-order chi connectivity index (χ1) is 12.7. The summed E-state index contributed by atoms with van der Waals surface area (Å²) in [5.74, 6) is 0.0570. The van der Waals surface area contributed by atoms with Crippen molar-refractivity contribution in [3.05, 3.63) is 69.2 Å². The highest BCUT2D eigenvalue weighted by molar-refractivity contribution is 9.10. The van der Waals surface area contributed by atoms with Gasteiger partial charge in [0, 0.05) is 17.1 Å². The molecule has 5 heteroatoms. The molecular formula is C22H26BrNO3. The molecule has 0 saturated heterocycles. The van der Waals surface area contributed by atoms with E-state index in [1.54, 1.807) is 0 Å². The summed E-state index contributed by atoms with van der Waals surface area (Å²) in [6, 6.07) is 13.8. The van der Waals surface area contributed by atoms with Crippen molar-refractivity contribution in [2.24, 2.45) is 0 Å². The van der Waals surface area contributed by atoms with Crippen LogP contribution in [0.2, 0.25) is 0 Å². The summed E-state index contributed by atoms with van der Waals surface area (Å²) in [6.07, 6.45) is 0.355. The number of halogens is 1. The third-order valence-electron chi connectivity index (χ3n) is 5.63. The first-order valence-electron chi connectivity index (χ1n) is 9.16. The van der Waals surface area contributed by atoms with Crippen LogP contribution in [0.25, 0.3) is 0 Å². The van der Waals surface area contributed by atoms with Crippen LogP contribution in [-0.2, 0) is 26.9 Å². The topological polar surface area (TPSA) is 58.6 Å². The Labute approximate surface area is 169 Å². The number of ether oxygens (including phenoxy) is 1. The predicted molar refractivity (Wildman–Crippen MR) is 109 cm³/mol. The van der Waals surface area contributed by atoms with Crippen molar-refractivity contribution in [1.29, 1.82) is 0 Å². The second-order valence-corrected chi connectivity index (χ2v) is 8.63. The molecule has 2 atom stereocenters. The molecule has 0 fully saturated rings. The molecule has 1 aliphatic heterocycles. The molecule has 3 rings (SSSR count). The summed E-state index contributed by atoms with van der Waals surface area (Å²) in [4.78, 5) is 13.3. The summed E-state index contributed by atoms with van der Waals surface area (Å²) in [6.45, 7) is 6.14. The van der Waals surface area contributed by atoms with Crippen LogP contribution < -0.4 is 5.32 Å². The predicted octanol–water partition coefficient (Wildman–Crippen LogP) is 4.34. The lowest BCUT2D eigenvalue weighted by atomic mass is 9.65. The number of methoxy groups -OCH3 is 1. The number of rotatable bonds is 5. The van der Waals surface area contributed by atoms with Gasteiger partial charge >= 0.3 is 0 Å². The molecule has 2 unspecified atom stereocenters. The summed E-state index contributed by atoms with van der Waals surface area (Å²) >= 11 is 3.57. The van der Waals surface area contributed by atoms with Crippen LogP contribution in [-0.4, -0.2) is 18.1 Å². The van der Waals surface area contributed by atoms with Gasteiger partial charge in [0.15, 0.2) is 6.29 Å². The fourth-order valence-electron chi connectivity index (χ4n) is 3.99. The molecule has 0 saturated carbocycles. The van der Waals surface area contributed by atoms with E-state index in [0.29, 0.717) is 18.4 Å². The number of carbonyl (C=O) groups is 1. The molecule has 2 aromatic rings. The number of aliphatic hydroxyl groups is 1. The van der Waals surface area contributed by atoms with Gasteiger partial charge in [0.1, 0.15) is 0 Å². The number of hydrogen-bond donors (Lipinski definition) is 2. The Morgan fingerprint density at radius 2 is 1.81 bits per heavy atom. The zero-order chi connectivity index (χ0) is 19.8. The Bertz CT molecular complexity index is 847. The maximum Gasteiger partial charge on any atom is 0.231 e. The normalized spacial score (nSPS) is 22.1. The van der Waals surface area contributed by atoms with Gasteiger partial charge in [-0.2, -0.15) is 0 Å². The van der Waals surface area contributed by atoms with Crippen LogP contribution in [0.3, 0.4) is 0 Å². The number of amides is 1. The SMILES string of the molecule is CCC1(Cc2ccc(C(O)OC)cc2)C(=O)NC(C)(C)c2ccc(Br)cc21. The van der Waals surface area contributed by atoms with Crippen LogP contribution in [0.1, 0.15) is 55.7 Å². The van der Waals surface area contributed by atoms with Gasteiger partial charge in [-0.1, -0.05) is 53.2 Å². The Hall–Kier alpha value is -1.69. The molecule has 144 valence electrons. The number of nitrogens with one attached hydrogen (secondary N) is 1. The Kier molecular flexibility index (Phi) is 5.48. The molecule has 27 heavy (non-hydrogen) atoms. The molecule has 0 bridgehead atoms. The van der Waals surface area contributed by atoms with E-state index < -0.39 is 17.2 Å². The average Bonchev–Trinajstić information content (AvgIpc) is 2.64. The lowest BCUT2D eigenvalue weighted by molar-refractivity contribution is -0.130. The quantitative estimate of drug-likeness (QED) is 0.692. The molecule has 0 spiro atoms. The third kappa shape index (κ3) is 3.56. The lowest BCUT2D eigenvalue weighted by Crippen LogP contribution is -2.57. The van der Waals surface area contributed by atoms with Gasteiger partial charge in [-0.3, -0.25) is 4.79 Å². The zero-order valence-corrected chi connectivity index (χ0v) is 17.8.